The first-order valence-electron chi connectivity index (χ1n) is 5.76. The first-order chi connectivity index (χ1) is 8.99. The number of aryl methyl sites for hydroxylation is 1. The number of nitrogen functional groups attached to an aromatic ring is 1. The molecule has 0 aliphatic carbocycles. The Hall–Kier alpha value is -2.01. The number of halogens is 1. The van der Waals surface area contributed by atoms with E-state index in [4.69, 9.17) is 17.3 Å². The molecule has 19 heavy (non-hydrogen) atoms. The van der Waals surface area contributed by atoms with Crippen LogP contribution in [0.2, 0.25) is 5.02 Å². The van der Waals surface area contributed by atoms with Crippen LogP contribution in [0.25, 0.3) is 0 Å². The van der Waals surface area contributed by atoms with Crippen LogP contribution in [0.3, 0.4) is 0 Å². The third-order valence-corrected chi connectivity index (χ3v) is 3.10. The highest BCUT2D eigenvalue weighted by Gasteiger charge is 2.18. The lowest BCUT2D eigenvalue weighted by Crippen LogP contribution is -2.27. The Balaban J connectivity index is 2.19. The molecule has 2 N–H and O–H groups in total. The normalized spacial score (nSPS) is 10.5. The Morgan fingerprint density at radius 1 is 1.53 bits per heavy atom. The molecule has 0 atom stereocenters. The predicted octanol–water partition coefficient (Wildman–Crippen LogP) is 1.93. The smallest absolute Gasteiger partial charge is 0.257 e. The van der Waals surface area contributed by atoms with Crippen LogP contribution in [-0.4, -0.2) is 27.6 Å². The number of nitrogens with zero attached hydrogens (tertiary/aromatic N) is 3. The fraction of sp³-hybridized carbons (Fsp3) is 0.231. The zero-order valence-corrected chi connectivity index (χ0v) is 11.6. The van der Waals surface area contributed by atoms with Gasteiger partial charge in [0.2, 0.25) is 0 Å². The molecule has 0 bridgehead atoms. The molecule has 2 aromatic rings. The van der Waals surface area contributed by atoms with Gasteiger partial charge in [-0.05, 0) is 12.1 Å². The Labute approximate surface area is 116 Å². The van der Waals surface area contributed by atoms with Gasteiger partial charge < -0.3 is 10.6 Å². The second kappa shape index (κ2) is 5.32. The van der Waals surface area contributed by atoms with E-state index in [1.165, 1.54) is 0 Å². The highest BCUT2D eigenvalue weighted by molar-refractivity contribution is 6.34. The van der Waals surface area contributed by atoms with Gasteiger partial charge in [0, 0.05) is 38.1 Å². The molecule has 1 heterocycles. The molecule has 0 radical (unpaired) electrons. The van der Waals surface area contributed by atoms with Gasteiger partial charge in [0.1, 0.15) is 0 Å². The fourth-order valence-electron chi connectivity index (χ4n) is 1.86. The van der Waals surface area contributed by atoms with Crippen LogP contribution < -0.4 is 5.73 Å². The van der Waals surface area contributed by atoms with Crippen LogP contribution >= 0.6 is 11.6 Å². The number of amides is 1. The van der Waals surface area contributed by atoms with E-state index in [0.29, 0.717) is 22.8 Å². The summed E-state index contributed by atoms with van der Waals surface area (Å²) < 4.78 is 1.69. The van der Waals surface area contributed by atoms with Gasteiger partial charge in [-0.15, -0.1) is 0 Å². The Morgan fingerprint density at radius 2 is 2.26 bits per heavy atom. The number of hydrogen-bond acceptors (Lipinski definition) is 3. The fourth-order valence-corrected chi connectivity index (χ4v) is 2.12. The Morgan fingerprint density at radius 3 is 2.84 bits per heavy atom. The minimum absolute atomic E-state index is 0.202. The van der Waals surface area contributed by atoms with Crippen LogP contribution in [0.5, 0.6) is 0 Å². The molecule has 0 saturated heterocycles. The Kier molecular flexibility index (Phi) is 3.76. The number of anilines is 1. The van der Waals surface area contributed by atoms with Crippen molar-refractivity contribution in [3.63, 3.8) is 0 Å². The number of rotatable bonds is 3. The van der Waals surface area contributed by atoms with E-state index in [1.807, 2.05) is 13.2 Å². The summed E-state index contributed by atoms with van der Waals surface area (Å²) >= 11 is 6.03. The molecular weight excluding hydrogens is 264 g/mol. The van der Waals surface area contributed by atoms with Gasteiger partial charge in [-0.3, -0.25) is 9.48 Å². The summed E-state index contributed by atoms with van der Waals surface area (Å²) in [5.41, 5.74) is 7.49. The van der Waals surface area contributed by atoms with Crippen LogP contribution in [0.1, 0.15) is 15.9 Å². The molecule has 1 aromatic heterocycles. The monoisotopic (exact) mass is 278 g/mol. The summed E-state index contributed by atoms with van der Waals surface area (Å²) in [6, 6.07) is 5.04. The van der Waals surface area contributed by atoms with Crippen molar-refractivity contribution in [3.8, 4) is 0 Å². The molecule has 6 heteroatoms. The SMILES string of the molecule is CN(Cc1cnn(C)c1)C(=O)c1c(N)cccc1Cl. The number of carbonyl (C=O) groups excluding carboxylic acids is 1. The van der Waals surface area contributed by atoms with Crippen molar-refractivity contribution in [1.82, 2.24) is 14.7 Å². The summed E-state index contributed by atoms with van der Waals surface area (Å²) in [7, 11) is 3.54. The van der Waals surface area contributed by atoms with Crippen molar-refractivity contribution in [2.75, 3.05) is 12.8 Å². The van der Waals surface area contributed by atoms with Gasteiger partial charge in [-0.2, -0.15) is 5.10 Å². The number of carbonyl (C=O) groups is 1. The number of nitrogens with two attached hydrogens (primary N) is 1. The maximum Gasteiger partial charge on any atom is 0.257 e. The highest BCUT2D eigenvalue weighted by Crippen LogP contribution is 2.23. The van der Waals surface area contributed by atoms with E-state index in [0.717, 1.165) is 5.56 Å². The molecule has 2 rings (SSSR count). The first-order valence-corrected chi connectivity index (χ1v) is 6.14. The first kappa shape index (κ1) is 13.4. The standard InChI is InChI=1S/C13H15ClN4O/c1-17(7-9-6-16-18(2)8-9)13(19)12-10(14)4-3-5-11(12)15/h3-6,8H,7,15H2,1-2H3. The van der Waals surface area contributed by atoms with Crippen molar-refractivity contribution in [1.29, 1.82) is 0 Å². The van der Waals surface area contributed by atoms with Crippen molar-refractivity contribution in [2.45, 2.75) is 6.54 Å². The molecule has 1 amide bonds. The van der Waals surface area contributed by atoms with E-state index in [2.05, 4.69) is 5.10 Å². The molecule has 0 fully saturated rings. The minimum Gasteiger partial charge on any atom is -0.398 e. The molecule has 5 nitrogen and oxygen atoms in total. The molecule has 0 spiro atoms. The summed E-state index contributed by atoms with van der Waals surface area (Å²) in [6.07, 6.45) is 3.58. The minimum atomic E-state index is -0.202. The number of benzene rings is 1. The van der Waals surface area contributed by atoms with E-state index < -0.39 is 0 Å². The average Bonchev–Trinajstić information content (AvgIpc) is 2.74. The van der Waals surface area contributed by atoms with Gasteiger partial charge in [-0.25, -0.2) is 0 Å². The van der Waals surface area contributed by atoms with Gasteiger partial charge in [0.25, 0.3) is 5.91 Å². The highest BCUT2D eigenvalue weighted by atomic mass is 35.5. The molecule has 100 valence electrons. The second-order valence-corrected chi connectivity index (χ2v) is 4.79. The largest absolute Gasteiger partial charge is 0.398 e. The maximum atomic E-state index is 12.3. The lowest BCUT2D eigenvalue weighted by atomic mass is 10.1. The van der Waals surface area contributed by atoms with Gasteiger partial charge >= 0.3 is 0 Å². The third-order valence-electron chi connectivity index (χ3n) is 2.78. The van der Waals surface area contributed by atoms with Crippen LogP contribution in [0.15, 0.2) is 30.6 Å². The van der Waals surface area contributed by atoms with E-state index in [1.54, 1.807) is 41.0 Å². The van der Waals surface area contributed by atoms with Crippen LogP contribution in [0.4, 0.5) is 5.69 Å². The zero-order valence-electron chi connectivity index (χ0n) is 10.8. The third kappa shape index (κ3) is 2.88. The van der Waals surface area contributed by atoms with Gasteiger partial charge in [0.15, 0.2) is 0 Å². The Bertz CT molecular complexity index is 588. The maximum absolute atomic E-state index is 12.3. The van der Waals surface area contributed by atoms with E-state index >= 15 is 0 Å². The van der Waals surface area contributed by atoms with Crippen molar-refractivity contribution in [2.24, 2.45) is 7.05 Å². The molecular formula is C13H15ClN4O. The van der Waals surface area contributed by atoms with Crippen LogP contribution in [-0.2, 0) is 13.6 Å². The lowest BCUT2D eigenvalue weighted by molar-refractivity contribution is 0.0786. The topological polar surface area (TPSA) is 64.2 Å². The van der Waals surface area contributed by atoms with Gasteiger partial charge in [-0.1, -0.05) is 17.7 Å². The predicted molar refractivity (Wildman–Crippen MR) is 74.9 cm³/mol. The van der Waals surface area contributed by atoms with E-state index in [9.17, 15) is 4.79 Å². The molecule has 0 saturated carbocycles. The summed E-state index contributed by atoms with van der Waals surface area (Å²) in [5, 5.41) is 4.43. The second-order valence-electron chi connectivity index (χ2n) is 4.39. The van der Waals surface area contributed by atoms with Crippen LogP contribution in [0, 0.1) is 0 Å². The van der Waals surface area contributed by atoms with E-state index in [-0.39, 0.29) is 5.91 Å². The van der Waals surface area contributed by atoms with Crippen molar-refractivity contribution >= 4 is 23.2 Å². The molecule has 0 unspecified atom stereocenters. The number of aromatic nitrogens is 2. The molecule has 1 aromatic carbocycles. The van der Waals surface area contributed by atoms with Gasteiger partial charge in [0.05, 0.1) is 16.8 Å². The number of hydrogen-bond donors (Lipinski definition) is 1. The quantitative estimate of drug-likeness (QED) is 0.873. The summed E-state index contributed by atoms with van der Waals surface area (Å²) in [5.74, 6) is -0.202. The molecule has 0 aliphatic heterocycles. The van der Waals surface area contributed by atoms with Crippen molar-refractivity contribution in [3.05, 3.63) is 46.7 Å². The zero-order chi connectivity index (χ0) is 14.0. The van der Waals surface area contributed by atoms with Crippen molar-refractivity contribution < 1.29 is 4.79 Å². The lowest BCUT2D eigenvalue weighted by Gasteiger charge is -2.18. The molecule has 0 aliphatic rings. The summed E-state index contributed by atoms with van der Waals surface area (Å²) in [4.78, 5) is 13.9. The average molecular weight is 279 g/mol. The summed E-state index contributed by atoms with van der Waals surface area (Å²) in [6.45, 7) is 0.456.